The first kappa shape index (κ1) is 13.5. The molecule has 0 spiro atoms. The molecule has 1 heterocycles. The largest absolute Gasteiger partial charge is 0.487 e. The molecule has 1 aromatic heterocycles. The Balaban J connectivity index is 2.35. The molecular formula is C12H22N2OS. The van der Waals surface area contributed by atoms with Gasteiger partial charge >= 0.3 is 0 Å². The van der Waals surface area contributed by atoms with Crippen molar-refractivity contribution in [3.8, 4) is 5.06 Å². The van der Waals surface area contributed by atoms with E-state index >= 15 is 0 Å². The van der Waals surface area contributed by atoms with E-state index in [-0.39, 0.29) is 5.54 Å². The van der Waals surface area contributed by atoms with Gasteiger partial charge in [0.1, 0.15) is 0 Å². The smallest absolute Gasteiger partial charge is 0.173 e. The Labute approximate surface area is 102 Å². The van der Waals surface area contributed by atoms with Gasteiger partial charge in [-0.15, -0.1) is 11.3 Å². The van der Waals surface area contributed by atoms with E-state index in [1.807, 2.05) is 6.07 Å². The van der Waals surface area contributed by atoms with Crippen LogP contribution in [0.2, 0.25) is 0 Å². The van der Waals surface area contributed by atoms with Crippen LogP contribution in [0.5, 0.6) is 5.06 Å². The first-order valence-electron chi connectivity index (χ1n) is 5.46. The maximum Gasteiger partial charge on any atom is 0.173 e. The molecule has 0 saturated heterocycles. The summed E-state index contributed by atoms with van der Waals surface area (Å²) in [7, 11) is 5.92. The summed E-state index contributed by atoms with van der Waals surface area (Å²) in [4.78, 5) is 3.54. The van der Waals surface area contributed by atoms with E-state index in [0.29, 0.717) is 0 Å². The minimum absolute atomic E-state index is 0.182. The quantitative estimate of drug-likeness (QED) is 0.827. The molecular weight excluding hydrogens is 220 g/mol. The predicted molar refractivity (Wildman–Crippen MR) is 70.3 cm³/mol. The average molecular weight is 242 g/mol. The molecule has 0 atom stereocenters. The fraction of sp³-hybridized carbons (Fsp3) is 0.667. The van der Waals surface area contributed by atoms with Gasteiger partial charge in [-0.1, -0.05) is 0 Å². The molecule has 0 aromatic carbocycles. The Kier molecular flexibility index (Phi) is 4.77. The second-order valence-corrected chi connectivity index (χ2v) is 5.87. The molecule has 0 aliphatic heterocycles. The summed E-state index contributed by atoms with van der Waals surface area (Å²) in [6.45, 7) is 6.34. The first-order chi connectivity index (χ1) is 7.45. The zero-order chi connectivity index (χ0) is 12.2. The maximum absolute atomic E-state index is 5.16. The second kappa shape index (κ2) is 5.66. The average Bonchev–Trinajstić information content (AvgIpc) is 2.65. The van der Waals surface area contributed by atoms with Crippen LogP contribution in [0.4, 0.5) is 0 Å². The van der Waals surface area contributed by atoms with Crippen LogP contribution in [0.25, 0.3) is 0 Å². The van der Waals surface area contributed by atoms with Crippen molar-refractivity contribution in [3.63, 3.8) is 0 Å². The standard InChI is InChI=1S/C12H22N2OS/c1-12(2,14(3)4)9-13-8-10-6-7-11(15-5)16-10/h6-7,13H,8-9H2,1-5H3. The summed E-state index contributed by atoms with van der Waals surface area (Å²) >= 11 is 1.69. The van der Waals surface area contributed by atoms with Gasteiger partial charge in [0.05, 0.1) is 7.11 Å². The first-order valence-corrected chi connectivity index (χ1v) is 6.28. The third kappa shape index (κ3) is 3.77. The summed E-state index contributed by atoms with van der Waals surface area (Å²) in [5.74, 6) is 0. The van der Waals surface area contributed by atoms with Crippen molar-refractivity contribution in [1.29, 1.82) is 0 Å². The number of hydrogen-bond donors (Lipinski definition) is 1. The fourth-order valence-electron chi connectivity index (χ4n) is 1.21. The van der Waals surface area contributed by atoms with Crippen LogP contribution in [0.15, 0.2) is 12.1 Å². The predicted octanol–water partition coefficient (Wildman–Crippen LogP) is 2.19. The molecule has 16 heavy (non-hydrogen) atoms. The lowest BCUT2D eigenvalue weighted by Gasteiger charge is -2.32. The molecule has 0 aliphatic carbocycles. The number of nitrogens with one attached hydrogen (secondary N) is 1. The van der Waals surface area contributed by atoms with Gasteiger partial charge in [0.25, 0.3) is 0 Å². The molecule has 0 aliphatic rings. The van der Waals surface area contributed by atoms with E-state index in [4.69, 9.17) is 4.74 Å². The molecule has 0 amide bonds. The lowest BCUT2D eigenvalue weighted by Crippen LogP contribution is -2.46. The molecule has 0 radical (unpaired) electrons. The van der Waals surface area contributed by atoms with E-state index in [9.17, 15) is 0 Å². The third-order valence-corrected chi connectivity index (χ3v) is 3.95. The van der Waals surface area contributed by atoms with Crippen LogP contribution in [0, 0.1) is 0 Å². The Morgan fingerprint density at radius 3 is 2.56 bits per heavy atom. The number of hydrogen-bond acceptors (Lipinski definition) is 4. The Morgan fingerprint density at radius 1 is 1.38 bits per heavy atom. The van der Waals surface area contributed by atoms with Crippen LogP contribution >= 0.6 is 11.3 Å². The van der Waals surface area contributed by atoms with Crippen molar-refractivity contribution >= 4 is 11.3 Å². The van der Waals surface area contributed by atoms with Crippen molar-refractivity contribution in [3.05, 3.63) is 17.0 Å². The Hall–Kier alpha value is -0.580. The van der Waals surface area contributed by atoms with E-state index < -0.39 is 0 Å². The highest BCUT2D eigenvalue weighted by Gasteiger charge is 2.19. The Bertz CT molecular complexity index is 321. The van der Waals surface area contributed by atoms with Crippen LogP contribution in [0.3, 0.4) is 0 Å². The molecule has 92 valence electrons. The fourth-order valence-corrected chi connectivity index (χ4v) is 2.00. The molecule has 1 aromatic rings. The minimum atomic E-state index is 0.182. The monoisotopic (exact) mass is 242 g/mol. The molecule has 4 heteroatoms. The number of ether oxygens (including phenoxy) is 1. The number of methoxy groups -OCH3 is 1. The van der Waals surface area contributed by atoms with Crippen molar-refractivity contribution in [2.75, 3.05) is 27.7 Å². The number of rotatable bonds is 6. The number of likely N-dealkylation sites (N-methyl/N-ethyl adjacent to an activating group) is 1. The van der Waals surface area contributed by atoms with Crippen LogP contribution in [-0.2, 0) is 6.54 Å². The van der Waals surface area contributed by atoms with Gasteiger partial charge in [0.15, 0.2) is 5.06 Å². The van der Waals surface area contributed by atoms with Gasteiger partial charge in [0.2, 0.25) is 0 Å². The van der Waals surface area contributed by atoms with Crippen molar-refractivity contribution in [2.24, 2.45) is 0 Å². The van der Waals surface area contributed by atoms with Gasteiger partial charge in [-0.25, -0.2) is 0 Å². The van der Waals surface area contributed by atoms with Gasteiger partial charge in [-0.3, -0.25) is 0 Å². The molecule has 0 bridgehead atoms. The Morgan fingerprint density at radius 2 is 2.06 bits per heavy atom. The minimum Gasteiger partial charge on any atom is -0.487 e. The second-order valence-electron chi connectivity index (χ2n) is 4.74. The third-order valence-electron chi connectivity index (χ3n) is 2.91. The molecule has 3 nitrogen and oxygen atoms in total. The highest BCUT2D eigenvalue weighted by atomic mass is 32.1. The zero-order valence-corrected chi connectivity index (χ0v) is 11.6. The molecule has 1 N–H and O–H groups in total. The maximum atomic E-state index is 5.16. The highest BCUT2D eigenvalue weighted by molar-refractivity contribution is 7.13. The topological polar surface area (TPSA) is 24.5 Å². The van der Waals surface area contributed by atoms with Gasteiger partial charge < -0.3 is 15.0 Å². The van der Waals surface area contributed by atoms with Crippen LogP contribution in [0.1, 0.15) is 18.7 Å². The number of thiophene rings is 1. The van der Waals surface area contributed by atoms with Crippen molar-refractivity contribution in [2.45, 2.75) is 25.9 Å². The summed E-state index contributed by atoms with van der Waals surface area (Å²) in [5.41, 5.74) is 0.182. The molecule has 0 saturated carbocycles. The summed E-state index contributed by atoms with van der Waals surface area (Å²) < 4.78 is 5.16. The van der Waals surface area contributed by atoms with Gasteiger partial charge in [-0.05, 0) is 40.1 Å². The zero-order valence-electron chi connectivity index (χ0n) is 10.8. The van der Waals surface area contributed by atoms with E-state index in [2.05, 4.69) is 44.2 Å². The van der Waals surface area contributed by atoms with Gasteiger partial charge in [0, 0.05) is 23.5 Å². The van der Waals surface area contributed by atoms with Crippen molar-refractivity contribution < 1.29 is 4.74 Å². The van der Waals surface area contributed by atoms with E-state index in [1.165, 1.54) is 4.88 Å². The summed E-state index contributed by atoms with van der Waals surface area (Å²) in [6.07, 6.45) is 0. The summed E-state index contributed by atoms with van der Waals surface area (Å²) in [5, 5.41) is 4.45. The molecule has 0 unspecified atom stereocenters. The highest BCUT2D eigenvalue weighted by Crippen LogP contribution is 2.23. The number of nitrogens with zero attached hydrogens (tertiary/aromatic N) is 1. The van der Waals surface area contributed by atoms with Crippen LogP contribution in [-0.4, -0.2) is 38.2 Å². The van der Waals surface area contributed by atoms with E-state index in [0.717, 1.165) is 18.2 Å². The lowest BCUT2D eigenvalue weighted by atomic mass is 10.0. The van der Waals surface area contributed by atoms with E-state index in [1.54, 1.807) is 18.4 Å². The molecule has 1 rings (SSSR count). The lowest BCUT2D eigenvalue weighted by molar-refractivity contribution is 0.190. The SMILES string of the molecule is COc1ccc(CNCC(C)(C)N(C)C)s1. The summed E-state index contributed by atoms with van der Waals surface area (Å²) in [6, 6.07) is 4.12. The van der Waals surface area contributed by atoms with Crippen LogP contribution < -0.4 is 10.1 Å². The molecule has 0 fully saturated rings. The van der Waals surface area contributed by atoms with Crippen molar-refractivity contribution in [1.82, 2.24) is 10.2 Å². The normalized spacial score (nSPS) is 12.1. The van der Waals surface area contributed by atoms with Gasteiger partial charge in [-0.2, -0.15) is 0 Å².